The molecule has 0 saturated carbocycles. The van der Waals surface area contributed by atoms with E-state index in [0.717, 1.165) is 35.2 Å². The van der Waals surface area contributed by atoms with E-state index in [4.69, 9.17) is 4.74 Å². The molecule has 0 aliphatic carbocycles. The van der Waals surface area contributed by atoms with Gasteiger partial charge in [0.1, 0.15) is 17.4 Å². The van der Waals surface area contributed by atoms with Crippen LogP contribution in [0, 0.1) is 6.92 Å². The smallest absolute Gasteiger partial charge is 0.193 e. The molecule has 1 aromatic heterocycles. The monoisotopic (exact) mass is 346 g/mol. The minimum Gasteiger partial charge on any atom is -0.491 e. The van der Waals surface area contributed by atoms with Gasteiger partial charge < -0.3 is 15.0 Å². The number of aliphatic imine (C=N–C) groups is 1. The fourth-order valence-corrected chi connectivity index (χ4v) is 3.05. The number of aryl methyl sites for hydroxylation is 2. The number of nitrogens with one attached hydrogen (secondary N) is 1. The van der Waals surface area contributed by atoms with Gasteiger partial charge in [0.2, 0.25) is 0 Å². The molecule has 2 rings (SSSR count). The number of hydrogen-bond donors (Lipinski definition) is 1. The summed E-state index contributed by atoms with van der Waals surface area (Å²) in [4.78, 5) is 12.1. The molecule has 1 heterocycles. The van der Waals surface area contributed by atoms with Crippen LogP contribution < -0.4 is 10.1 Å². The minimum atomic E-state index is 0.610. The summed E-state index contributed by atoms with van der Waals surface area (Å²) < 4.78 is 5.85. The lowest BCUT2D eigenvalue weighted by Gasteiger charge is -2.22. The van der Waals surface area contributed by atoms with Crippen molar-refractivity contribution < 1.29 is 4.74 Å². The largest absolute Gasteiger partial charge is 0.491 e. The Morgan fingerprint density at radius 3 is 2.83 bits per heavy atom. The number of rotatable bonds is 7. The van der Waals surface area contributed by atoms with E-state index in [1.54, 1.807) is 18.4 Å². The second-order valence-corrected chi connectivity index (χ2v) is 6.71. The third kappa shape index (κ3) is 5.23. The maximum absolute atomic E-state index is 5.85. The lowest BCUT2D eigenvalue weighted by Crippen LogP contribution is -2.40. The van der Waals surface area contributed by atoms with Gasteiger partial charge in [0.25, 0.3) is 0 Å². The van der Waals surface area contributed by atoms with Crippen LogP contribution in [-0.4, -0.2) is 43.1 Å². The minimum absolute atomic E-state index is 0.610. The third-order valence-electron chi connectivity index (χ3n) is 3.70. The van der Waals surface area contributed by atoms with Crippen LogP contribution in [0.2, 0.25) is 0 Å². The Morgan fingerprint density at radius 1 is 1.38 bits per heavy atom. The van der Waals surface area contributed by atoms with E-state index in [1.807, 2.05) is 31.4 Å². The second kappa shape index (κ2) is 9.27. The van der Waals surface area contributed by atoms with Crippen LogP contribution >= 0.6 is 11.3 Å². The van der Waals surface area contributed by atoms with E-state index in [9.17, 15) is 0 Å². The summed E-state index contributed by atoms with van der Waals surface area (Å²) in [5.41, 5.74) is 1.15. The Hall–Kier alpha value is -2.08. The van der Waals surface area contributed by atoms with Crippen LogP contribution in [0.3, 0.4) is 0 Å². The van der Waals surface area contributed by atoms with E-state index < -0.39 is 0 Å². The maximum Gasteiger partial charge on any atom is 0.193 e. The van der Waals surface area contributed by atoms with Crippen LogP contribution in [0.5, 0.6) is 5.75 Å². The van der Waals surface area contributed by atoms with Gasteiger partial charge >= 0.3 is 0 Å². The summed E-state index contributed by atoms with van der Waals surface area (Å²) >= 11 is 1.74. The predicted octanol–water partition coefficient (Wildman–Crippen LogP) is 3.10. The quantitative estimate of drug-likeness (QED) is 0.618. The Bertz CT molecular complexity index is 669. The molecule has 130 valence electrons. The first-order valence-corrected chi connectivity index (χ1v) is 8.99. The molecule has 0 radical (unpaired) electrons. The van der Waals surface area contributed by atoms with Crippen LogP contribution in [0.4, 0.5) is 0 Å². The first-order valence-electron chi connectivity index (χ1n) is 8.17. The SMILES string of the molecule is CCc1cnc(CNC(=NC)N(C)CCOc2ccccc2C)s1. The number of thiazole rings is 1. The van der Waals surface area contributed by atoms with Gasteiger partial charge in [0, 0.05) is 25.2 Å². The van der Waals surface area contributed by atoms with Crippen LogP contribution in [0.15, 0.2) is 35.5 Å². The Labute approximate surface area is 148 Å². The van der Waals surface area contributed by atoms with Gasteiger partial charge in [0.05, 0.1) is 13.1 Å². The summed E-state index contributed by atoms with van der Waals surface area (Å²) in [6.45, 7) is 6.26. The predicted molar refractivity (Wildman–Crippen MR) is 101 cm³/mol. The van der Waals surface area contributed by atoms with Crippen molar-refractivity contribution >= 4 is 17.3 Å². The Morgan fingerprint density at radius 2 is 2.17 bits per heavy atom. The van der Waals surface area contributed by atoms with Crippen LogP contribution in [0.1, 0.15) is 22.4 Å². The molecule has 2 aromatic rings. The van der Waals surface area contributed by atoms with E-state index in [0.29, 0.717) is 13.2 Å². The molecular weight excluding hydrogens is 320 g/mol. The zero-order valence-corrected chi connectivity index (χ0v) is 15.7. The average molecular weight is 346 g/mol. The number of para-hydroxylation sites is 1. The number of ether oxygens (including phenoxy) is 1. The highest BCUT2D eigenvalue weighted by molar-refractivity contribution is 7.11. The zero-order valence-electron chi connectivity index (χ0n) is 14.9. The highest BCUT2D eigenvalue weighted by atomic mass is 32.1. The van der Waals surface area contributed by atoms with E-state index in [-0.39, 0.29) is 0 Å². The molecule has 0 amide bonds. The first-order chi connectivity index (χ1) is 11.6. The van der Waals surface area contributed by atoms with Gasteiger partial charge in [-0.25, -0.2) is 4.98 Å². The van der Waals surface area contributed by atoms with Crippen molar-refractivity contribution in [1.82, 2.24) is 15.2 Å². The summed E-state index contributed by atoms with van der Waals surface area (Å²) in [5, 5.41) is 4.43. The number of nitrogens with zero attached hydrogens (tertiary/aromatic N) is 3. The molecular formula is C18H26N4OS. The van der Waals surface area contributed by atoms with Crippen LogP contribution in [0.25, 0.3) is 0 Å². The lowest BCUT2D eigenvalue weighted by molar-refractivity contribution is 0.280. The van der Waals surface area contributed by atoms with Crippen molar-refractivity contribution in [3.05, 3.63) is 45.9 Å². The molecule has 24 heavy (non-hydrogen) atoms. The summed E-state index contributed by atoms with van der Waals surface area (Å²) in [7, 11) is 3.80. The van der Waals surface area contributed by atoms with Gasteiger partial charge in [-0.3, -0.25) is 4.99 Å². The molecule has 0 aliphatic heterocycles. The van der Waals surface area contributed by atoms with Crippen molar-refractivity contribution in [1.29, 1.82) is 0 Å². The third-order valence-corrected chi connectivity index (χ3v) is 4.84. The number of likely N-dealkylation sites (N-methyl/N-ethyl adjacent to an activating group) is 1. The fraction of sp³-hybridized carbons (Fsp3) is 0.444. The highest BCUT2D eigenvalue weighted by Gasteiger charge is 2.08. The van der Waals surface area contributed by atoms with E-state index in [1.165, 1.54) is 4.88 Å². The van der Waals surface area contributed by atoms with E-state index in [2.05, 4.69) is 40.1 Å². The van der Waals surface area contributed by atoms with Crippen molar-refractivity contribution in [2.45, 2.75) is 26.8 Å². The first kappa shape index (κ1) is 18.3. The fourth-order valence-electron chi connectivity index (χ4n) is 2.25. The van der Waals surface area contributed by atoms with Gasteiger partial charge in [-0.05, 0) is 25.0 Å². The van der Waals surface area contributed by atoms with Gasteiger partial charge in [-0.2, -0.15) is 0 Å². The summed E-state index contributed by atoms with van der Waals surface area (Å²) in [6, 6.07) is 8.06. The summed E-state index contributed by atoms with van der Waals surface area (Å²) in [6.07, 6.45) is 2.98. The lowest BCUT2D eigenvalue weighted by atomic mass is 10.2. The highest BCUT2D eigenvalue weighted by Crippen LogP contribution is 2.16. The Balaban J connectivity index is 1.78. The van der Waals surface area contributed by atoms with Gasteiger partial charge in [-0.1, -0.05) is 25.1 Å². The number of guanidine groups is 1. The topological polar surface area (TPSA) is 49.8 Å². The van der Waals surface area contributed by atoms with Crippen molar-refractivity contribution in [3.8, 4) is 5.75 Å². The normalized spacial score (nSPS) is 11.4. The Kier molecular flexibility index (Phi) is 7.06. The maximum atomic E-state index is 5.85. The molecule has 0 saturated heterocycles. The molecule has 0 fully saturated rings. The molecule has 0 unspecified atom stereocenters. The van der Waals surface area contributed by atoms with Crippen molar-refractivity contribution in [2.24, 2.45) is 4.99 Å². The molecule has 1 N–H and O–H groups in total. The van der Waals surface area contributed by atoms with Gasteiger partial charge in [0.15, 0.2) is 5.96 Å². The van der Waals surface area contributed by atoms with Crippen molar-refractivity contribution in [2.75, 3.05) is 27.2 Å². The standard InChI is InChI=1S/C18H26N4OS/c1-5-15-12-20-17(24-15)13-21-18(19-3)22(4)10-11-23-16-9-7-6-8-14(16)2/h6-9,12H,5,10-11,13H2,1-4H3,(H,19,21). The molecule has 0 spiro atoms. The van der Waals surface area contributed by atoms with Crippen molar-refractivity contribution in [3.63, 3.8) is 0 Å². The van der Waals surface area contributed by atoms with E-state index >= 15 is 0 Å². The number of benzene rings is 1. The van der Waals surface area contributed by atoms with Crippen LogP contribution in [-0.2, 0) is 13.0 Å². The zero-order chi connectivity index (χ0) is 17.4. The summed E-state index contributed by atoms with van der Waals surface area (Å²) in [5.74, 6) is 1.78. The molecule has 0 atom stereocenters. The molecule has 1 aromatic carbocycles. The average Bonchev–Trinajstić information content (AvgIpc) is 3.05. The molecule has 6 heteroatoms. The second-order valence-electron chi connectivity index (χ2n) is 5.51. The van der Waals surface area contributed by atoms with Gasteiger partial charge in [-0.15, -0.1) is 11.3 Å². The molecule has 5 nitrogen and oxygen atoms in total. The number of aromatic nitrogens is 1. The molecule has 0 bridgehead atoms. The number of hydrogen-bond acceptors (Lipinski definition) is 4. The molecule has 0 aliphatic rings.